The van der Waals surface area contributed by atoms with Gasteiger partial charge in [0.2, 0.25) is 0 Å². The number of hydrogen-bond donors (Lipinski definition) is 3. The normalized spacial score (nSPS) is 12.9. The van der Waals surface area contributed by atoms with E-state index in [1.165, 1.54) is 0 Å². The number of ether oxygens (including phenoxy) is 2. The Labute approximate surface area is 161 Å². The molecule has 0 saturated heterocycles. The molecule has 0 heterocycles. The lowest BCUT2D eigenvalue weighted by Gasteiger charge is -2.20. The van der Waals surface area contributed by atoms with Crippen LogP contribution in [0, 0.1) is 0 Å². The number of hydrogen-bond acceptors (Lipinski definition) is 5. The van der Waals surface area contributed by atoms with Crippen molar-refractivity contribution in [2.45, 2.75) is 65.2 Å². The summed E-state index contributed by atoms with van der Waals surface area (Å²) in [6.07, 6.45) is -0.908. The maximum Gasteiger partial charge on any atom is 0.407 e. The first-order valence-electron chi connectivity index (χ1n) is 9.06. The average Bonchev–Trinajstić information content (AvgIpc) is 2.50. The summed E-state index contributed by atoms with van der Waals surface area (Å²) >= 11 is 0. The van der Waals surface area contributed by atoms with Crippen molar-refractivity contribution in [1.29, 1.82) is 0 Å². The van der Waals surface area contributed by atoms with Crippen molar-refractivity contribution in [3.8, 4) is 5.75 Å². The zero-order chi connectivity index (χ0) is 20.7. The molecular weight excluding hydrogens is 348 g/mol. The van der Waals surface area contributed by atoms with E-state index in [0.717, 1.165) is 0 Å². The van der Waals surface area contributed by atoms with Gasteiger partial charge in [-0.1, -0.05) is 0 Å². The van der Waals surface area contributed by atoms with E-state index in [-0.39, 0.29) is 24.6 Å². The van der Waals surface area contributed by atoms with Gasteiger partial charge >= 0.3 is 6.09 Å². The minimum atomic E-state index is -0.733. The summed E-state index contributed by atoms with van der Waals surface area (Å²) < 4.78 is 10.6. The number of alkyl carbamates (subject to hydrolysis) is 1. The summed E-state index contributed by atoms with van der Waals surface area (Å²) in [6.45, 7) is 11.5. The lowest BCUT2D eigenvalue weighted by Crippen LogP contribution is -2.40. The van der Waals surface area contributed by atoms with Crippen LogP contribution in [-0.2, 0) is 4.74 Å². The summed E-state index contributed by atoms with van der Waals surface area (Å²) in [5, 5.41) is 15.4. The van der Waals surface area contributed by atoms with Gasteiger partial charge in [-0.2, -0.15) is 0 Å². The van der Waals surface area contributed by atoms with Crippen molar-refractivity contribution in [2.24, 2.45) is 0 Å². The molecule has 1 rings (SSSR count). The van der Waals surface area contributed by atoms with Crippen LogP contribution in [0.4, 0.5) is 4.79 Å². The highest BCUT2D eigenvalue weighted by atomic mass is 16.6. The van der Waals surface area contributed by atoms with Crippen molar-refractivity contribution in [3.05, 3.63) is 29.8 Å². The number of aliphatic hydroxyl groups is 1. The fraction of sp³-hybridized carbons (Fsp3) is 0.600. The average molecular weight is 380 g/mol. The molecule has 0 bridgehead atoms. The van der Waals surface area contributed by atoms with Crippen molar-refractivity contribution < 1.29 is 24.2 Å². The Kier molecular flexibility index (Phi) is 8.09. The molecule has 2 amide bonds. The summed E-state index contributed by atoms with van der Waals surface area (Å²) in [7, 11) is 0. The number of carbonyl (C=O) groups is 2. The van der Waals surface area contributed by atoms with Crippen LogP contribution in [0.3, 0.4) is 0 Å². The van der Waals surface area contributed by atoms with Crippen LogP contribution < -0.4 is 15.4 Å². The number of rotatable bonds is 7. The zero-order valence-corrected chi connectivity index (χ0v) is 17.1. The van der Waals surface area contributed by atoms with Gasteiger partial charge in [0.1, 0.15) is 18.0 Å². The van der Waals surface area contributed by atoms with E-state index in [1.807, 2.05) is 20.8 Å². The molecule has 0 fully saturated rings. The second kappa shape index (κ2) is 9.60. The van der Waals surface area contributed by atoms with Gasteiger partial charge in [-0.25, -0.2) is 4.79 Å². The van der Waals surface area contributed by atoms with Crippen molar-refractivity contribution >= 4 is 12.0 Å². The van der Waals surface area contributed by atoms with Gasteiger partial charge in [-0.15, -0.1) is 0 Å². The highest BCUT2D eigenvalue weighted by Gasteiger charge is 2.17. The molecule has 0 aromatic heterocycles. The Hall–Kier alpha value is -2.28. The van der Waals surface area contributed by atoms with Crippen LogP contribution in [0.2, 0.25) is 0 Å². The van der Waals surface area contributed by atoms with E-state index < -0.39 is 17.8 Å². The van der Waals surface area contributed by atoms with E-state index in [1.54, 1.807) is 45.0 Å². The molecule has 27 heavy (non-hydrogen) atoms. The van der Waals surface area contributed by atoms with E-state index >= 15 is 0 Å². The van der Waals surface area contributed by atoms with Gasteiger partial charge in [-0.05, 0) is 72.2 Å². The van der Waals surface area contributed by atoms with Crippen LogP contribution in [0.1, 0.15) is 58.3 Å². The minimum Gasteiger partial charge on any atom is -0.491 e. The Morgan fingerprint density at radius 2 is 1.67 bits per heavy atom. The summed E-state index contributed by atoms with van der Waals surface area (Å²) in [5.74, 6) is 0.406. The fourth-order valence-corrected chi connectivity index (χ4v) is 2.05. The number of nitrogens with one attached hydrogen (secondary N) is 2. The molecule has 0 saturated carbocycles. The third-order valence-electron chi connectivity index (χ3n) is 3.19. The molecule has 1 aromatic carbocycles. The minimum absolute atomic E-state index is 0.0868. The molecular formula is C20H32N2O5. The summed E-state index contributed by atoms with van der Waals surface area (Å²) in [4.78, 5) is 23.6. The maximum absolute atomic E-state index is 12.1. The van der Waals surface area contributed by atoms with Crippen molar-refractivity contribution in [3.63, 3.8) is 0 Å². The monoisotopic (exact) mass is 380 g/mol. The van der Waals surface area contributed by atoms with Crippen LogP contribution in [0.25, 0.3) is 0 Å². The predicted octanol–water partition coefficient (Wildman–Crippen LogP) is 2.87. The molecule has 0 spiro atoms. The molecule has 152 valence electrons. The van der Waals surface area contributed by atoms with Crippen LogP contribution in [-0.4, -0.2) is 47.5 Å². The second-order valence-electron chi connectivity index (χ2n) is 8.41. The lowest BCUT2D eigenvalue weighted by atomic mass is 10.1. The molecule has 0 radical (unpaired) electrons. The summed E-state index contributed by atoms with van der Waals surface area (Å²) in [6, 6.07) is 6.71. The quantitative estimate of drug-likeness (QED) is 0.676. The van der Waals surface area contributed by atoms with Crippen molar-refractivity contribution in [2.75, 3.05) is 13.2 Å². The van der Waals surface area contributed by atoms with Crippen LogP contribution in [0.5, 0.6) is 5.75 Å². The molecule has 0 aliphatic heterocycles. The predicted molar refractivity (Wildman–Crippen MR) is 104 cm³/mol. The molecule has 0 aliphatic rings. The van der Waals surface area contributed by atoms with E-state index in [2.05, 4.69) is 10.6 Å². The van der Waals surface area contributed by atoms with E-state index in [4.69, 9.17) is 9.47 Å². The SMILES string of the molecule is CC(C)(C)NC(=O)c1ccc(OCC(O)CCNC(=O)OC(C)(C)C)cc1. The van der Waals surface area contributed by atoms with Gasteiger partial charge in [0.25, 0.3) is 5.91 Å². The van der Waals surface area contributed by atoms with Crippen LogP contribution >= 0.6 is 0 Å². The smallest absolute Gasteiger partial charge is 0.407 e. The maximum atomic E-state index is 12.1. The third kappa shape index (κ3) is 10.5. The Bertz CT molecular complexity index is 615. The highest BCUT2D eigenvalue weighted by Crippen LogP contribution is 2.14. The van der Waals surface area contributed by atoms with Crippen LogP contribution in [0.15, 0.2) is 24.3 Å². The lowest BCUT2D eigenvalue weighted by molar-refractivity contribution is 0.0507. The van der Waals surface area contributed by atoms with Crippen molar-refractivity contribution in [1.82, 2.24) is 10.6 Å². The number of benzene rings is 1. The number of amides is 2. The summed E-state index contributed by atoms with van der Waals surface area (Å²) in [5.41, 5.74) is -0.315. The zero-order valence-electron chi connectivity index (χ0n) is 17.1. The topological polar surface area (TPSA) is 96.9 Å². The number of aliphatic hydroxyl groups excluding tert-OH is 1. The molecule has 1 aromatic rings. The molecule has 3 N–H and O–H groups in total. The first-order valence-corrected chi connectivity index (χ1v) is 9.06. The van der Waals surface area contributed by atoms with Gasteiger partial charge < -0.3 is 25.2 Å². The molecule has 7 nitrogen and oxygen atoms in total. The first kappa shape index (κ1) is 22.8. The van der Waals surface area contributed by atoms with Gasteiger partial charge in [0.15, 0.2) is 0 Å². The van der Waals surface area contributed by atoms with Gasteiger partial charge in [-0.3, -0.25) is 4.79 Å². The Morgan fingerprint density at radius 3 is 2.19 bits per heavy atom. The molecule has 0 aliphatic carbocycles. The first-order chi connectivity index (χ1) is 12.4. The fourth-order valence-electron chi connectivity index (χ4n) is 2.05. The Balaban J connectivity index is 2.34. The van der Waals surface area contributed by atoms with E-state index in [0.29, 0.717) is 17.7 Å². The second-order valence-corrected chi connectivity index (χ2v) is 8.41. The molecule has 7 heteroatoms. The highest BCUT2D eigenvalue weighted by molar-refractivity contribution is 5.94. The standard InChI is InChI=1S/C20H32N2O5/c1-19(2,3)22-17(24)14-7-9-16(10-8-14)26-13-15(23)11-12-21-18(25)27-20(4,5)6/h7-10,15,23H,11-13H2,1-6H3,(H,21,25)(H,22,24). The Morgan fingerprint density at radius 1 is 1.07 bits per heavy atom. The molecule has 1 atom stereocenters. The number of carbonyl (C=O) groups excluding carboxylic acids is 2. The van der Waals surface area contributed by atoms with Gasteiger partial charge in [0.05, 0.1) is 6.10 Å². The van der Waals surface area contributed by atoms with Gasteiger partial charge in [0, 0.05) is 17.6 Å². The molecule has 1 unspecified atom stereocenters. The largest absolute Gasteiger partial charge is 0.491 e. The van der Waals surface area contributed by atoms with E-state index in [9.17, 15) is 14.7 Å². The third-order valence-corrected chi connectivity index (χ3v) is 3.19.